The van der Waals surface area contributed by atoms with Crippen LogP contribution in [0, 0.1) is 5.92 Å². The molecule has 7 nitrogen and oxygen atoms in total. The smallest absolute Gasteiger partial charge is 0.408 e. The summed E-state index contributed by atoms with van der Waals surface area (Å²) in [7, 11) is 0. The molecule has 2 unspecified atom stereocenters. The van der Waals surface area contributed by atoms with Crippen molar-refractivity contribution in [2.24, 2.45) is 5.92 Å². The number of nitrogens with one attached hydrogen (secondary N) is 2. The van der Waals surface area contributed by atoms with E-state index in [1.807, 2.05) is 65.0 Å². The van der Waals surface area contributed by atoms with Gasteiger partial charge in [-0.3, -0.25) is 9.59 Å². The molecule has 2 atom stereocenters. The molecule has 37 heavy (non-hydrogen) atoms. The first kappa shape index (κ1) is 32.5. The number of ether oxygens (including phenoxy) is 1. The number of nitrogens with zero attached hydrogens (tertiary/aromatic N) is 1. The minimum atomic E-state index is -0.811. The van der Waals surface area contributed by atoms with E-state index in [1.54, 1.807) is 25.7 Å². The molecule has 3 amide bonds. The van der Waals surface area contributed by atoms with Crippen molar-refractivity contribution in [1.29, 1.82) is 0 Å². The molecule has 0 aliphatic rings. The van der Waals surface area contributed by atoms with Crippen molar-refractivity contribution in [3.8, 4) is 0 Å². The lowest BCUT2D eigenvalue weighted by molar-refractivity contribution is -0.143. The second-order valence-electron chi connectivity index (χ2n) is 12.3. The standard InChI is InChI=1S/C30H51N3O4/c1-10-11-12-13-17-20-33(25(23-18-15-14-16-19-23)26(34)32-29(4,5)6)27(35)24(21-22(2)3)31-28(36)37-30(7,8)9/h14-16,18-19,22,24-25H,10-13,17,20-21H2,1-9H3,(H,31,36)(H,32,34). The van der Waals surface area contributed by atoms with Gasteiger partial charge in [-0.2, -0.15) is 0 Å². The van der Waals surface area contributed by atoms with Gasteiger partial charge in [-0.1, -0.05) is 76.8 Å². The predicted octanol–water partition coefficient (Wildman–Crippen LogP) is 6.38. The van der Waals surface area contributed by atoms with Gasteiger partial charge in [-0.25, -0.2) is 4.79 Å². The minimum absolute atomic E-state index is 0.147. The third-order valence-corrected chi connectivity index (χ3v) is 5.66. The first-order chi connectivity index (χ1) is 17.1. The van der Waals surface area contributed by atoms with Gasteiger partial charge in [0.15, 0.2) is 0 Å². The van der Waals surface area contributed by atoms with Crippen LogP contribution in [-0.4, -0.2) is 46.5 Å². The first-order valence-corrected chi connectivity index (χ1v) is 13.8. The molecule has 0 saturated heterocycles. The van der Waals surface area contributed by atoms with Crippen molar-refractivity contribution in [3.63, 3.8) is 0 Å². The fourth-order valence-electron chi connectivity index (χ4n) is 4.14. The molecular weight excluding hydrogens is 466 g/mol. The molecule has 0 aliphatic carbocycles. The van der Waals surface area contributed by atoms with E-state index in [0.29, 0.717) is 13.0 Å². The minimum Gasteiger partial charge on any atom is -0.444 e. The van der Waals surface area contributed by atoms with Crippen molar-refractivity contribution in [2.75, 3.05) is 6.54 Å². The molecule has 0 bridgehead atoms. The molecular formula is C30H51N3O4. The summed E-state index contributed by atoms with van der Waals surface area (Å²) in [6, 6.07) is 7.78. The van der Waals surface area contributed by atoms with Gasteiger partial charge < -0.3 is 20.3 Å². The maximum absolute atomic E-state index is 14.2. The van der Waals surface area contributed by atoms with Crippen LogP contribution in [0.5, 0.6) is 0 Å². The molecule has 0 spiro atoms. The molecule has 7 heteroatoms. The van der Waals surface area contributed by atoms with Crippen LogP contribution in [0.15, 0.2) is 30.3 Å². The zero-order valence-electron chi connectivity index (χ0n) is 24.6. The molecule has 0 fully saturated rings. The van der Waals surface area contributed by atoms with Gasteiger partial charge in [-0.15, -0.1) is 0 Å². The van der Waals surface area contributed by atoms with Gasteiger partial charge in [0.2, 0.25) is 11.8 Å². The maximum atomic E-state index is 14.2. The Morgan fingerprint density at radius 3 is 2.03 bits per heavy atom. The number of alkyl carbamates (subject to hydrolysis) is 1. The summed E-state index contributed by atoms with van der Waals surface area (Å²) in [5.41, 5.74) is -0.411. The van der Waals surface area contributed by atoms with E-state index in [9.17, 15) is 14.4 Å². The number of unbranched alkanes of at least 4 members (excludes halogenated alkanes) is 4. The Hall–Kier alpha value is -2.57. The number of benzene rings is 1. The molecule has 0 aromatic heterocycles. The third kappa shape index (κ3) is 13.0. The van der Waals surface area contributed by atoms with Gasteiger partial charge in [0.1, 0.15) is 17.7 Å². The molecule has 0 heterocycles. The number of hydrogen-bond donors (Lipinski definition) is 2. The SMILES string of the molecule is CCCCCCCN(C(=O)C(CC(C)C)NC(=O)OC(C)(C)C)C(C(=O)NC(C)(C)C)c1ccccc1. The number of rotatable bonds is 13. The summed E-state index contributed by atoms with van der Waals surface area (Å²) in [6.07, 6.45) is 4.88. The molecule has 1 aromatic rings. The van der Waals surface area contributed by atoms with Crippen LogP contribution >= 0.6 is 0 Å². The van der Waals surface area contributed by atoms with Crippen LogP contribution in [0.3, 0.4) is 0 Å². The summed E-state index contributed by atoms with van der Waals surface area (Å²) in [6.45, 7) is 17.7. The van der Waals surface area contributed by atoms with E-state index in [4.69, 9.17) is 4.74 Å². The molecule has 210 valence electrons. The van der Waals surface area contributed by atoms with Crippen molar-refractivity contribution in [3.05, 3.63) is 35.9 Å². The average Bonchev–Trinajstić information content (AvgIpc) is 2.75. The van der Waals surface area contributed by atoms with Crippen molar-refractivity contribution in [1.82, 2.24) is 15.5 Å². The van der Waals surface area contributed by atoms with Gasteiger partial charge in [0.25, 0.3) is 0 Å². The Morgan fingerprint density at radius 1 is 0.919 bits per heavy atom. The Balaban J connectivity index is 3.43. The van der Waals surface area contributed by atoms with E-state index in [1.165, 1.54) is 0 Å². The fraction of sp³-hybridized carbons (Fsp3) is 0.700. The number of carbonyl (C=O) groups is 3. The quantitative estimate of drug-likeness (QED) is 0.297. The monoisotopic (exact) mass is 517 g/mol. The van der Waals surface area contributed by atoms with Gasteiger partial charge >= 0.3 is 6.09 Å². The highest BCUT2D eigenvalue weighted by Gasteiger charge is 2.37. The summed E-state index contributed by atoms with van der Waals surface area (Å²) >= 11 is 0. The largest absolute Gasteiger partial charge is 0.444 e. The van der Waals surface area contributed by atoms with Crippen molar-refractivity contribution >= 4 is 17.9 Å². The number of carbonyl (C=O) groups excluding carboxylic acids is 3. The van der Waals surface area contributed by atoms with Gasteiger partial charge in [-0.05, 0) is 65.9 Å². The molecule has 0 aliphatic heterocycles. The molecule has 2 N–H and O–H groups in total. The second kappa shape index (κ2) is 15.0. The first-order valence-electron chi connectivity index (χ1n) is 13.8. The second-order valence-corrected chi connectivity index (χ2v) is 12.3. The summed E-state index contributed by atoms with van der Waals surface area (Å²) in [5.74, 6) is -0.358. The zero-order valence-corrected chi connectivity index (χ0v) is 24.6. The predicted molar refractivity (Wildman–Crippen MR) is 150 cm³/mol. The van der Waals surface area contributed by atoms with E-state index in [2.05, 4.69) is 17.6 Å². The van der Waals surface area contributed by atoms with E-state index >= 15 is 0 Å². The molecule has 0 radical (unpaired) electrons. The van der Waals surface area contributed by atoms with Crippen molar-refractivity contribution in [2.45, 2.75) is 124 Å². The Kier molecular flexibility index (Phi) is 13.2. The fourth-order valence-corrected chi connectivity index (χ4v) is 4.14. The van der Waals surface area contributed by atoms with Crippen LogP contribution in [0.4, 0.5) is 4.79 Å². The average molecular weight is 518 g/mol. The third-order valence-electron chi connectivity index (χ3n) is 5.66. The maximum Gasteiger partial charge on any atom is 0.408 e. The highest BCUT2D eigenvalue weighted by molar-refractivity contribution is 5.92. The van der Waals surface area contributed by atoms with E-state index in [0.717, 1.165) is 37.7 Å². The van der Waals surface area contributed by atoms with Gasteiger partial charge in [0, 0.05) is 12.1 Å². The number of amides is 3. The van der Waals surface area contributed by atoms with Crippen LogP contribution in [0.1, 0.15) is 112 Å². The highest BCUT2D eigenvalue weighted by atomic mass is 16.6. The normalized spacial score (nSPS) is 13.6. The summed E-state index contributed by atoms with van der Waals surface area (Å²) in [4.78, 5) is 42.2. The van der Waals surface area contributed by atoms with E-state index in [-0.39, 0.29) is 17.7 Å². The van der Waals surface area contributed by atoms with Crippen molar-refractivity contribution < 1.29 is 19.1 Å². The Morgan fingerprint density at radius 2 is 1.51 bits per heavy atom. The molecule has 1 aromatic carbocycles. The van der Waals surface area contributed by atoms with Crippen LogP contribution < -0.4 is 10.6 Å². The van der Waals surface area contributed by atoms with Crippen LogP contribution in [0.2, 0.25) is 0 Å². The zero-order chi connectivity index (χ0) is 28.2. The lowest BCUT2D eigenvalue weighted by Gasteiger charge is -2.36. The van der Waals surface area contributed by atoms with Gasteiger partial charge in [0.05, 0.1) is 0 Å². The molecule has 1 rings (SSSR count). The van der Waals surface area contributed by atoms with Crippen LogP contribution in [-0.2, 0) is 14.3 Å². The summed E-state index contributed by atoms with van der Waals surface area (Å²) in [5, 5.41) is 5.88. The molecule has 0 saturated carbocycles. The lowest BCUT2D eigenvalue weighted by Crippen LogP contribution is -2.55. The van der Waals surface area contributed by atoms with E-state index < -0.39 is 29.3 Å². The lowest BCUT2D eigenvalue weighted by atomic mass is 9.98. The topological polar surface area (TPSA) is 87.7 Å². The van der Waals surface area contributed by atoms with Crippen LogP contribution in [0.25, 0.3) is 0 Å². The Labute approximate surface area is 225 Å². The Bertz CT molecular complexity index is 841. The summed E-state index contributed by atoms with van der Waals surface area (Å²) < 4.78 is 5.46. The highest BCUT2D eigenvalue weighted by Crippen LogP contribution is 2.25. The number of hydrogen-bond acceptors (Lipinski definition) is 4.